The van der Waals surface area contributed by atoms with Gasteiger partial charge in [0.25, 0.3) is 5.91 Å². The Balaban J connectivity index is 1.52. The van der Waals surface area contributed by atoms with Crippen molar-refractivity contribution in [1.29, 1.82) is 0 Å². The molecule has 1 saturated heterocycles. The molecule has 6 rings (SSSR count). The average molecular weight is 556 g/mol. The molecule has 0 spiro atoms. The molecule has 0 aliphatic carbocycles. The molecule has 0 unspecified atom stereocenters. The first-order valence-electron chi connectivity index (χ1n) is 13.8. The van der Waals surface area contributed by atoms with Crippen molar-refractivity contribution in [2.45, 2.75) is 38.8 Å². The molecule has 4 aromatic rings. The first-order chi connectivity index (χ1) is 19.3. The second-order valence-electron chi connectivity index (χ2n) is 10.6. The van der Waals surface area contributed by atoms with Gasteiger partial charge in [0.2, 0.25) is 0 Å². The Kier molecular flexibility index (Phi) is 6.96. The number of rotatable bonds is 8. The van der Waals surface area contributed by atoms with Crippen LogP contribution in [0.15, 0.2) is 78.9 Å². The molecule has 1 fully saturated rings. The van der Waals surface area contributed by atoms with E-state index in [0.29, 0.717) is 31.7 Å². The van der Waals surface area contributed by atoms with Gasteiger partial charge in [0.1, 0.15) is 11.4 Å². The van der Waals surface area contributed by atoms with E-state index in [9.17, 15) is 13.2 Å². The van der Waals surface area contributed by atoms with E-state index in [2.05, 4.69) is 12.1 Å². The number of hydrogen-bond acceptors (Lipinski definition) is 5. The van der Waals surface area contributed by atoms with Crippen LogP contribution in [0.2, 0.25) is 0 Å². The van der Waals surface area contributed by atoms with Gasteiger partial charge in [-0.2, -0.15) is 5.10 Å². The molecular weight excluding hydrogens is 522 g/mol. The summed E-state index contributed by atoms with van der Waals surface area (Å²) >= 11 is 0. The number of fused-ring (bicyclic) bond motifs is 1. The van der Waals surface area contributed by atoms with E-state index in [1.165, 1.54) is 0 Å². The fourth-order valence-corrected chi connectivity index (χ4v) is 7.59. The van der Waals surface area contributed by atoms with Gasteiger partial charge in [-0.15, -0.1) is 0 Å². The van der Waals surface area contributed by atoms with Gasteiger partial charge in [0, 0.05) is 17.7 Å². The standard InChI is InChI=1S/C32H33N3O4S/c1-3-39-27-11-7-10-25(20-27)30-28-29(24-14-12-22(2)13-15-24)33-35(26-17-19-40(37,38)21-26)31(28)32(36)34(30)18-16-23-8-5-4-6-9-23/h4-15,20,26,30H,3,16-19,21H2,1-2H3/t26-,30-/m1/s1. The van der Waals surface area contributed by atoms with E-state index >= 15 is 0 Å². The van der Waals surface area contributed by atoms with Gasteiger partial charge in [0.15, 0.2) is 9.84 Å². The fraction of sp³-hybridized carbons (Fsp3) is 0.312. The summed E-state index contributed by atoms with van der Waals surface area (Å²) in [4.78, 5) is 16.3. The predicted octanol–water partition coefficient (Wildman–Crippen LogP) is 5.40. The highest BCUT2D eigenvalue weighted by Crippen LogP contribution is 2.46. The van der Waals surface area contributed by atoms with Gasteiger partial charge in [-0.05, 0) is 49.9 Å². The van der Waals surface area contributed by atoms with Gasteiger partial charge in [0.05, 0.1) is 35.9 Å². The highest BCUT2D eigenvalue weighted by atomic mass is 32.2. The maximum atomic E-state index is 14.3. The number of aromatic nitrogens is 2. The molecule has 0 N–H and O–H groups in total. The molecule has 0 bridgehead atoms. The maximum Gasteiger partial charge on any atom is 0.273 e. The van der Waals surface area contributed by atoms with Crippen molar-refractivity contribution in [3.05, 3.63) is 107 Å². The zero-order chi connectivity index (χ0) is 27.9. The number of amides is 1. The molecular formula is C32H33N3O4S. The molecule has 1 aromatic heterocycles. The van der Waals surface area contributed by atoms with E-state index in [0.717, 1.165) is 39.3 Å². The Morgan fingerprint density at radius 3 is 2.48 bits per heavy atom. The van der Waals surface area contributed by atoms with Gasteiger partial charge in [-0.1, -0.05) is 72.3 Å². The third-order valence-corrected chi connectivity index (χ3v) is 9.59. The lowest BCUT2D eigenvalue weighted by molar-refractivity contribution is 0.0738. The lowest BCUT2D eigenvalue weighted by Crippen LogP contribution is -2.33. The zero-order valence-electron chi connectivity index (χ0n) is 22.8. The molecule has 3 heterocycles. The minimum Gasteiger partial charge on any atom is -0.494 e. The van der Waals surface area contributed by atoms with Crippen LogP contribution in [-0.2, 0) is 16.3 Å². The first kappa shape index (κ1) is 26.3. The Morgan fingerprint density at radius 1 is 1.00 bits per heavy atom. The lowest BCUT2D eigenvalue weighted by atomic mass is 9.95. The highest BCUT2D eigenvalue weighted by molar-refractivity contribution is 7.91. The second-order valence-corrected chi connectivity index (χ2v) is 12.8. The molecule has 0 radical (unpaired) electrons. The summed E-state index contributed by atoms with van der Waals surface area (Å²) in [5.74, 6) is 0.733. The largest absolute Gasteiger partial charge is 0.494 e. The number of benzene rings is 3. The average Bonchev–Trinajstić information content (AvgIpc) is 3.60. The Labute approximate surface area is 235 Å². The summed E-state index contributed by atoms with van der Waals surface area (Å²) in [6.45, 7) is 5.04. The van der Waals surface area contributed by atoms with E-state index in [1.54, 1.807) is 4.68 Å². The number of carbonyl (C=O) groups excluding carboxylic acids is 1. The van der Waals surface area contributed by atoms with E-state index in [4.69, 9.17) is 9.84 Å². The Morgan fingerprint density at radius 2 is 1.77 bits per heavy atom. The summed E-state index contributed by atoms with van der Waals surface area (Å²) in [6.07, 6.45) is 1.15. The third kappa shape index (κ3) is 4.92. The van der Waals surface area contributed by atoms with Crippen LogP contribution in [0.3, 0.4) is 0 Å². The van der Waals surface area contributed by atoms with E-state index in [-0.39, 0.29) is 29.5 Å². The molecule has 7 nitrogen and oxygen atoms in total. The molecule has 8 heteroatoms. The van der Waals surface area contributed by atoms with Crippen LogP contribution in [0.25, 0.3) is 11.3 Å². The van der Waals surface area contributed by atoms with Crippen LogP contribution in [0.1, 0.15) is 58.2 Å². The number of aryl methyl sites for hydroxylation is 1. The van der Waals surface area contributed by atoms with Crippen LogP contribution in [0, 0.1) is 6.92 Å². The molecule has 2 aliphatic rings. The monoisotopic (exact) mass is 555 g/mol. The van der Waals surface area contributed by atoms with Crippen molar-refractivity contribution in [3.63, 3.8) is 0 Å². The van der Waals surface area contributed by atoms with E-state index in [1.807, 2.05) is 85.5 Å². The molecule has 1 amide bonds. The quantitative estimate of drug-likeness (QED) is 0.291. The smallest absolute Gasteiger partial charge is 0.273 e. The topological polar surface area (TPSA) is 81.5 Å². The fourth-order valence-electron chi connectivity index (χ4n) is 5.90. The Bertz CT molecular complexity index is 1650. The second kappa shape index (κ2) is 10.6. The molecule has 0 saturated carbocycles. The van der Waals surface area contributed by atoms with Crippen LogP contribution < -0.4 is 4.74 Å². The number of carbonyl (C=O) groups is 1. The number of hydrogen-bond donors (Lipinski definition) is 0. The van der Waals surface area contributed by atoms with Crippen LogP contribution in [0.4, 0.5) is 0 Å². The van der Waals surface area contributed by atoms with Crippen molar-refractivity contribution in [2.24, 2.45) is 0 Å². The summed E-state index contributed by atoms with van der Waals surface area (Å²) in [5.41, 5.74) is 6.18. The van der Waals surface area contributed by atoms with Crippen molar-refractivity contribution < 1.29 is 17.9 Å². The number of ether oxygens (including phenoxy) is 1. The summed E-state index contributed by atoms with van der Waals surface area (Å²) in [7, 11) is -3.18. The van der Waals surface area contributed by atoms with Crippen LogP contribution in [0.5, 0.6) is 5.75 Å². The van der Waals surface area contributed by atoms with Crippen molar-refractivity contribution in [2.75, 3.05) is 24.7 Å². The molecule has 2 aliphatic heterocycles. The minimum atomic E-state index is -3.18. The minimum absolute atomic E-state index is 0.00373. The molecule has 3 aromatic carbocycles. The van der Waals surface area contributed by atoms with Crippen LogP contribution >= 0.6 is 0 Å². The Hall–Kier alpha value is -3.91. The number of sulfone groups is 1. The van der Waals surface area contributed by atoms with Crippen molar-refractivity contribution >= 4 is 15.7 Å². The third-order valence-electron chi connectivity index (χ3n) is 7.84. The van der Waals surface area contributed by atoms with Gasteiger partial charge < -0.3 is 9.64 Å². The summed E-state index contributed by atoms with van der Waals surface area (Å²) < 4.78 is 32.5. The lowest BCUT2D eigenvalue weighted by Gasteiger charge is -2.27. The molecule has 206 valence electrons. The highest BCUT2D eigenvalue weighted by Gasteiger charge is 2.46. The predicted molar refractivity (Wildman–Crippen MR) is 155 cm³/mol. The van der Waals surface area contributed by atoms with Gasteiger partial charge in [-0.3, -0.25) is 9.48 Å². The summed E-state index contributed by atoms with van der Waals surface area (Å²) in [5, 5.41) is 4.99. The molecule has 40 heavy (non-hydrogen) atoms. The molecule has 2 atom stereocenters. The normalized spacial score (nSPS) is 19.6. The number of nitrogens with zero attached hydrogens (tertiary/aromatic N) is 3. The van der Waals surface area contributed by atoms with Crippen molar-refractivity contribution in [3.8, 4) is 17.0 Å². The van der Waals surface area contributed by atoms with Gasteiger partial charge in [-0.25, -0.2) is 8.42 Å². The van der Waals surface area contributed by atoms with Crippen LogP contribution in [-0.4, -0.2) is 53.7 Å². The first-order valence-corrected chi connectivity index (χ1v) is 15.6. The zero-order valence-corrected chi connectivity index (χ0v) is 23.6. The summed E-state index contributed by atoms with van der Waals surface area (Å²) in [6, 6.07) is 25.4. The van der Waals surface area contributed by atoms with Gasteiger partial charge >= 0.3 is 0 Å². The maximum absolute atomic E-state index is 14.3. The van der Waals surface area contributed by atoms with Crippen molar-refractivity contribution in [1.82, 2.24) is 14.7 Å². The SMILES string of the molecule is CCOc1cccc([C@@H]2c3c(-c4ccc(C)cc4)nn([C@@H]4CCS(=O)(=O)C4)c3C(=O)N2CCc2ccccc2)c1. The van der Waals surface area contributed by atoms with E-state index < -0.39 is 9.84 Å².